The first-order chi connectivity index (χ1) is 9.58. The second-order valence-corrected chi connectivity index (χ2v) is 4.67. The Morgan fingerprint density at radius 1 is 1.20 bits per heavy atom. The molecule has 0 aliphatic carbocycles. The molecule has 0 aliphatic rings. The van der Waals surface area contributed by atoms with Crippen LogP contribution in [0.1, 0.15) is 17.2 Å². The van der Waals surface area contributed by atoms with Crippen LogP contribution in [0.25, 0.3) is 0 Å². The van der Waals surface area contributed by atoms with E-state index in [2.05, 4.69) is 5.32 Å². The van der Waals surface area contributed by atoms with Crippen molar-refractivity contribution in [2.24, 2.45) is 0 Å². The molecule has 2 aromatic rings. The minimum atomic E-state index is -0.872. The lowest BCUT2D eigenvalue weighted by atomic mass is 9.98. The Hall–Kier alpha value is -1.65. The van der Waals surface area contributed by atoms with Gasteiger partial charge in [0.1, 0.15) is 5.75 Å². The Bertz CT molecular complexity index is 619. The molecule has 0 saturated carbocycles. The van der Waals surface area contributed by atoms with Crippen LogP contribution in [0.15, 0.2) is 36.4 Å². The van der Waals surface area contributed by atoms with Crippen LogP contribution >= 0.6 is 11.6 Å². The molecule has 0 spiro atoms. The number of hydrogen-bond donors (Lipinski definition) is 1. The average Bonchev–Trinajstić information content (AvgIpc) is 2.45. The van der Waals surface area contributed by atoms with Gasteiger partial charge in [-0.2, -0.15) is 0 Å². The second-order valence-electron chi connectivity index (χ2n) is 4.26. The maximum Gasteiger partial charge on any atom is 0.163 e. The third-order valence-electron chi connectivity index (χ3n) is 3.09. The van der Waals surface area contributed by atoms with Gasteiger partial charge in [0.25, 0.3) is 0 Å². The number of hydrogen-bond acceptors (Lipinski definition) is 2. The highest BCUT2D eigenvalue weighted by atomic mass is 35.5. The van der Waals surface area contributed by atoms with Gasteiger partial charge in [-0.3, -0.25) is 0 Å². The van der Waals surface area contributed by atoms with E-state index >= 15 is 0 Å². The monoisotopic (exact) mass is 297 g/mol. The van der Waals surface area contributed by atoms with Crippen molar-refractivity contribution in [1.29, 1.82) is 0 Å². The molecule has 0 bridgehead atoms. The van der Waals surface area contributed by atoms with E-state index in [1.165, 1.54) is 13.2 Å². The maximum absolute atomic E-state index is 13.9. The summed E-state index contributed by atoms with van der Waals surface area (Å²) in [5.74, 6) is -1.24. The minimum Gasteiger partial charge on any atom is -0.495 e. The Morgan fingerprint density at radius 3 is 2.60 bits per heavy atom. The summed E-state index contributed by atoms with van der Waals surface area (Å²) in [6, 6.07) is 8.73. The van der Waals surface area contributed by atoms with Crippen LogP contribution in [-0.4, -0.2) is 14.2 Å². The molecule has 0 radical (unpaired) electrons. The number of methoxy groups -OCH3 is 1. The first-order valence-corrected chi connectivity index (χ1v) is 6.41. The smallest absolute Gasteiger partial charge is 0.163 e. The van der Waals surface area contributed by atoms with E-state index < -0.39 is 17.7 Å². The fourth-order valence-corrected chi connectivity index (χ4v) is 2.30. The molecule has 0 amide bonds. The molecular weight excluding hydrogens is 284 g/mol. The lowest BCUT2D eigenvalue weighted by Gasteiger charge is -2.19. The van der Waals surface area contributed by atoms with Crippen LogP contribution in [0, 0.1) is 11.6 Å². The molecule has 2 nitrogen and oxygen atoms in total. The van der Waals surface area contributed by atoms with Crippen LogP contribution in [0.4, 0.5) is 8.78 Å². The molecule has 2 rings (SSSR count). The molecule has 0 heterocycles. The predicted octanol–water partition coefficient (Wildman–Crippen LogP) is 3.94. The van der Waals surface area contributed by atoms with E-state index in [1.54, 1.807) is 31.3 Å². The van der Waals surface area contributed by atoms with E-state index in [0.29, 0.717) is 10.8 Å². The molecule has 0 saturated heterocycles. The zero-order valence-electron chi connectivity index (χ0n) is 11.1. The molecule has 0 fully saturated rings. The van der Waals surface area contributed by atoms with Crippen molar-refractivity contribution in [2.45, 2.75) is 6.04 Å². The second kappa shape index (κ2) is 6.20. The van der Waals surface area contributed by atoms with Crippen LogP contribution < -0.4 is 10.1 Å². The van der Waals surface area contributed by atoms with E-state index in [1.807, 2.05) is 0 Å². The summed E-state index contributed by atoms with van der Waals surface area (Å²) in [5.41, 5.74) is 0.968. The lowest BCUT2D eigenvalue weighted by molar-refractivity contribution is 0.414. The highest BCUT2D eigenvalue weighted by Crippen LogP contribution is 2.31. The zero-order valence-corrected chi connectivity index (χ0v) is 11.8. The van der Waals surface area contributed by atoms with Gasteiger partial charge >= 0.3 is 0 Å². The Kier molecular flexibility index (Phi) is 4.57. The van der Waals surface area contributed by atoms with E-state index in [-0.39, 0.29) is 5.56 Å². The van der Waals surface area contributed by atoms with Crippen molar-refractivity contribution < 1.29 is 13.5 Å². The molecule has 0 aromatic heterocycles. The fraction of sp³-hybridized carbons (Fsp3) is 0.200. The summed E-state index contributed by atoms with van der Waals surface area (Å²) >= 11 is 5.97. The average molecular weight is 298 g/mol. The predicted molar refractivity (Wildman–Crippen MR) is 75.3 cm³/mol. The quantitative estimate of drug-likeness (QED) is 0.923. The van der Waals surface area contributed by atoms with Crippen molar-refractivity contribution in [3.8, 4) is 5.75 Å². The van der Waals surface area contributed by atoms with Crippen LogP contribution in [0.2, 0.25) is 5.02 Å². The zero-order chi connectivity index (χ0) is 14.7. The van der Waals surface area contributed by atoms with Crippen molar-refractivity contribution >= 4 is 11.6 Å². The Balaban J connectivity index is 2.49. The summed E-state index contributed by atoms with van der Waals surface area (Å²) in [5, 5.41) is 3.43. The topological polar surface area (TPSA) is 21.3 Å². The fourth-order valence-electron chi connectivity index (χ4n) is 2.10. The molecule has 1 atom stereocenters. The molecule has 106 valence electrons. The van der Waals surface area contributed by atoms with Crippen LogP contribution in [0.5, 0.6) is 5.75 Å². The summed E-state index contributed by atoms with van der Waals surface area (Å²) in [7, 11) is 3.18. The standard InChI is InChI=1S/C15H14ClF2NO/c1-19-15(10-4-3-5-12(17)14(10)18)9-6-7-11(16)13(8-9)20-2/h3-8,15,19H,1-2H3. The van der Waals surface area contributed by atoms with Crippen LogP contribution in [0.3, 0.4) is 0 Å². The molecule has 1 N–H and O–H groups in total. The summed E-state index contributed by atoms with van der Waals surface area (Å²) < 4.78 is 32.4. The van der Waals surface area contributed by atoms with Gasteiger partial charge in [0.2, 0.25) is 0 Å². The van der Waals surface area contributed by atoms with Gasteiger partial charge in [0.15, 0.2) is 11.6 Å². The van der Waals surface area contributed by atoms with Gasteiger partial charge < -0.3 is 10.1 Å². The summed E-state index contributed by atoms with van der Waals surface area (Å²) in [6.45, 7) is 0. The number of nitrogens with one attached hydrogen (secondary N) is 1. The van der Waals surface area contributed by atoms with Gasteiger partial charge in [-0.1, -0.05) is 29.8 Å². The Labute approximate surface area is 121 Å². The molecule has 20 heavy (non-hydrogen) atoms. The lowest BCUT2D eigenvalue weighted by Crippen LogP contribution is -2.19. The number of ether oxygens (including phenoxy) is 1. The molecule has 0 aliphatic heterocycles. The SMILES string of the molecule is CNC(c1ccc(Cl)c(OC)c1)c1cccc(F)c1F. The maximum atomic E-state index is 13.9. The largest absolute Gasteiger partial charge is 0.495 e. The van der Waals surface area contributed by atoms with Gasteiger partial charge in [-0.25, -0.2) is 8.78 Å². The molecular formula is C15H14ClF2NO. The first kappa shape index (κ1) is 14.8. The number of halogens is 3. The third-order valence-corrected chi connectivity index (χ3v) is 3.40. The summed E-state index contributed by atoms with van der Waals surface area (Å²) in [6.07, 6.45) is 0. The van der Waals surface area contributed by atoms with E-state index in [4.69, 9.17) is 16.3 Å². The normalized spacial score (nSPS) is 12.2. The minimum absolute atomic E-state index is 0.233. The number of benzene rings is 2. The highest BCUT2D eigenvalue weighted by molar-refractivity contribution is 6.32. The van der Waals surface area contributed by atoms with Crippen molar-refractivity contribution in [2.75, 3.05) is 14.2 Å². The van der Waals surface area contributed by atoms with Crippen LogP contribution in [-0.2, 0) is 0 Å². The van der Waals surface area contributed by atoms with Gasteiger partial charge in [0.05, 0.1) is 18.2 Å². The van der Waals surface area contributed by atoms with Gasteiger partial charge in [-0.15, -0.1) is 0 Å². The van der Waals surface area contributed by atoms with Gasteiger partial charge in [-0.05, 0) is 30.8 Å². The molecule has 1 unspecified atom stereocenters. The van der Waals surface area contributed by atoms with Crippen molar-refractivity contribution in [3.05, 3.63) is 64.2 Å². The molecule has 5 heteroatoms. The molecule has 2 aromatic carbocycles. The first-order valence-electron chi connectivity index (χ1n) is 6.03. The van der Waals surface area contributed by atoms with Crippen molar-refractivity contribution in [3.63, 3.8) is 0 Å². The van der Waals surface area contributed by atoms with Gasteiger partial charge in [0, 0.05) is 5.56 Å². The third kappa shape index (κ3) is 2.76. The van der Waals surface area contributed by atoms with Crippen molar-refractivity contribution in [1.82, 2.24) is 5.32 Å². The highest BCUT2D eigenvalue weighted by Gasteiger charge is 2.19. The summed E-state index contributed by atoms with van der Waals surface area (Å²) in [4.78, 5) is 0. The Morgan fingerprint density at radius 2 is 1.95 bits per heavy atom. The number of rotatable bonds is 4. The van der Waals surface area contributed by atoms with E-state index in [0.717, 1.165) is 11.6 Å². The van der Waals surface area contributed by atoms with E-state index in [9.17, 15) is 8.78 Å².